The lowest BCUT2D eigenvalue weighted by molar-refractivity contribution is 0.590. The number of nitrogens with one attached hydrogen (secondary N) is 1. The molecule has 1 aromatic carbocycles. The first-order chi connectivity index (χ1) is 7.76. The standard InChI is InChI=1S/C13H19NO2S/c1-5-10-17(15,16)14-12-9-7-6-8-11(12)13(2,3)4/h5-9,14H,1,10H2,2-4H3. The van der Waals surface area contributed by atoms with Gasteiger partial charge in [0.25, 0.3) is 0 Å². The highest BCUT2D eigenvalue weighted by Gasteiger charge is 2.19. The summed E-state index contributed by atoms with van der Waals surface area (Å²) in [6.45, 7) is 9.59. The smallest absolute Gasteiger partial charge is 0.236 e. The van der Waals surface area contributed by atoms with Gasteiger partial charge in [-0.2, -0.15) is 0 Å². The first-order valence-electron chi connectivity index (χ1n) is 5.47. The maximum absolute atomic E-state index is 11.7. The normalized spacial score (nSPS) is 12.2. The molecule has 0 saturated heterocycles. The van der Waals surface area contributed by atoms with E-state index in [1.54, 1.807) is 6.07 Å². The third kappa shape index (κ3) is 3.89. The average molecular weight is 253 g/mol. The van der Waals surface area contributed by atoms with Crippen molar-refractivity contribution in [2.75, 3.05) is 10.5 Å². The van der Waals surface area contributed by atoms with E-state index in [9.17, 15) is 8.42 Å². The van der Waals surface area contributed by atoms with Crippen LogP contribution in [0.15, 0.2) is 36.9 Å². The number of hydrogen-bond acceptors (Lipinski definition) is 2. The number of sulfonamides is 1. The van der Waals surface area contributed by atoms with E-state index in [4.69, 9.17) is 0 Å². The molecule has 1 N–H and O–H groups in total. The Bertz CT molecular complexity index is 498. The topological polar surface area (TPSA) is 46.2 Å². The van der Waals surface area contributed by atoms with Crippen molar-refractivity contribution in [2.24, 2.45) is 0 Å². The summed E-state index contributed by atoms with van der Waals surface area (Å²) in [7, 11) is -3.34. The Kier molecular flexibility index (Phi) is 3.98. The molecule has 1 aromatic rings. The summed E-state index contributed by atoms with van der Waals surface area (Å²) in [5.74, 6) is -0.0779. The third-order valence-corrected chi connectivity index (χ3v) is 3.54. The van der Waals surface area contributed by atoms with Gasteiger partial charge in [-0.05, 0) is 17.0 Å². The van der Waals surface area contributed by atoms with Crippen LogP contribution < -0.4 is 4.72 Å². The van der Waals surface area contributed by atoms with Gasteiger partial charge < -0.3 is 0 Å². The number of para-hydroxylation sites is 1. The van der Waals surface area contributed by atoms with E-state index in [0.717, 1.165) is 5.56 Å². The van der Waals surface area contributed by atoms with Gasteiger partial charge in [0.1, 0.15) is 0 Å². The van der Waals surface area contributed by atoms with Gasteiger partial charge in [-0.3, -0.25) is 4.72 Å². The number of hydrogen-bond donors (Lipinski definition) is 1. The van der Waals surface area contributed by atoms with E-state index < -0.39 is 10.0 Å². The van der Waals surface area contributed by atoms with Gasteiger partial charge in [-0.25, -0.2) is 8.42 Å². The molecule has 0 saturated carbocycles. The molecular weight excluding hydrogens is 234 g/mol. The molecular formula is C13H19NO2S. The molecule has 3 nitrogen and oxygen atoms in total. The minimum atomic E-state index is -3.34. The van der Waals surface area contributed by atoms with Crippen molar-refractivity contribution in [3.63, 3.8) is 0 Å². The molecule has 0 aliphatic rings. The third-order valence-electron chi connectivity index (χ3n) is 2.34. The molecule has 0 aliphatic carbocycles. The Morgan fingerprint density at radius 1 is 1.29 bits per heavy atom. The highest BCUT2D eigenvalue weighted by molar-refractivity contribution is 7.92. The molecule has 0 spiro atoms. The fourth-order valence-corrected chi connectivity index (χ4v) is 2.50. The largest absolute Gasteiger partial charge is 0.283 e. The second-order valence-corrected chi connectivity index (χ2v) is 6.73. The maximum Gasteiger partial charge on any atom is 0.236 e. The monoisotopic (exact) mass is 253 g/mol. The molecule has 1 rings (SSSR count). The Hall–Kier alpha value is -1.29. The predicted molar refractivity (Wildman–Crippen MR) is 72.7 cm³/mol. The first-order valence-corrected chi connectivity index (χ1v) is 7.12. The van der Waals surface area contributed by atoms with Crippen LogP contribution in [0.5, 0.6) is 0 Å². The number of rotatable bonds is 4. The van der Waals surface area contributed by atoms with Crippen molar-refractivity contribution < 1.29 is 8.42 Å². The molecule has 94 valence electrons. The summed E-state index contributed by atoms with van der Waals surface area (Å²) < 4.78 is 26.0. The quantitative estimate of drug-likeness (QED) is 0.839. The molecule has 0 atom stereocenters. The van der Waals surface area contributed by atoms with E-state index >= 15 is 0 Å². The first kappa shape index (κ1) is 13.8. The summed E-state index contributed by atoms with van der Waals surface area (Å²) in [6, 6.07) is 7.44. The minimum Gasteiger partial charge on any atom is -0.283 e. The zero-order valence-corrected chi connectivity index (χ0v) is 11.3. The Labute approximate surface area is 104 Å². The van der Waals surface area contributed by atoms with Crippen LogP contribution in [0.25, 0.3) is 0 Å². The van der Waals surface area contributed by atoms with Crippen LogP contribution in [0, 0.1) is 0 Å². The summed E-state index contributed by atoms with van der Waals surface area (Å²) in [5, 5.41) is 0. The number of benzene rings is 1. The van der Waals surface area contributed by atoms with E-state index in [1.165, 1.54) is 6.08 Å². The zero-order valence-electron chi connectivity index (χ0n) is 10.5. The van der Waals surface area contributed by atoms with E-state index in [2.05, 4.69) is 11.3 Å². The predicted octanol–water partition coefficient (Wildman–Crippen LogP) is 2.91. The van der Waals surface area contributed by atoms with Crippen molar-refractivity contribution in [3.8, 4) is 0 Å². The van der Waals surface area contributed by atoms with Gasteiger partial charge in [0.05, 0.1) is 11.4 Å². The highest BCUT2D eigenvalue weighted by Crippen LogP contribution is 2.29. The van der Waals surface area contributed by atoms with Gasteiger partial charge in [0.2, 0.25) is 10.0 Å². The molecule has 4 heteroatoms. The average Bonchev–Trinajstić information content (AvgIpc) is 2.15. The highest BCUT2D eigenvalue weighted by atomic mass is 32.2. The van der Waals surface area contributed by atoms with Crippen molar-refractivity contribution in [2.45, 2.75) is 26.2 Å². The Morgan fingerprint density at radius 3 is 2.41 bits per heavy atom. The molecule has 0 radical (unpaired) electrons. The van der Waals surface area contributed by atoms with Gasteiger partial charge in [-0.1, -0.05) is 45.0 Å². The Balaban J connectivity index is 3.12. The molecule has 0 aliphatic heterocycles. The lowest BCUT2D eigenvalue weighted by Crippen LogP contribution is -2.20. The van der Waals surface area contributed by atoms with Crippen LogP contribution in [0.4, 0.5) is 5.69 Å². The zero-order chi connectivity index (χ0) is 13.1. The van der Waals surface area contributed by atoms with Crippen LogP contribution in [0.2, 0.25) is 0 Å². The Morgan fingerprint density at radius 2 is 1.88 bits per heavy atom. The van der Waals surface area contributed by atoms with E-state index in [-0.39, 0.29) is 11.2 Å². The van der Waals surface area contributed by atoms with Gasteiger partial charge in [0, 0.05) is 0 Å². The molecule has 0 amide bonds. The SMILES string of the molecule is C=CCS(=O)(=O)Nc1ccccc1C(C)(C)C. The van der Waals surface area contributed by atoms with Gasteiger partial charge in [-0.15, -0.1) is 6.58 Å². The van der Waals surface area contributed by atoms with Crippen LogP contribution in [0.3, 0.4) is 0 Å². The van der Waals surface area contributed by atoms with Crippen molar-refractivity contribution in [1.29, 1.82) is 0 Å². The van der Waals surface area contributed by atoms with Crippen molar-refractivity contribution >= 4 is 15.7 Å². The molecule has 17 heavy (non-hydrogen) atoms. The van der Waals surface area contributed by atoms with Crippen LogP contribution in [-0.2, 0) is 15.4 Å². The summed E-state index contributed by atoms with van der Waals surface area (Å²) in [6.07, 6.45) is 1.38. The summed E-state index contributed by atoms with van der Waals surface area (Å²) in [5.41, 5.74) is 1.52. The maximum atomic E-state index is 11.7. The second-order valence-electron chi connectivity index (χ2n) is 4.97. The molecule has 0 unspecified atom stereocenters. The van der Waals surface area contributed by atoms with Crippen LogP contribution >= 0.6 is 0 Å². The minimum absolute atomic E-state index is 0.0779. The lowest BCUT2D eigenvalue weighted by atomic mass is 9.86. The van der Waals surface area contributed by atoms with E-state index in [1.807, 2.05) is 39.0 Å². The van der Waals surface area contributed by atoms with Gasteiger partial charge >= 0.3 is 0 Å². The summed E-state index contributed by atoms with van der Waals surface area (Å²) >= 11 is 0. The fourth-order valence-electron chi connectivity index (χ4n) is 1.59. The van der Waals surface area contributed by atoms with Crippen molar-refractivity contribution in [1.82, 2.24) is 0 Å². The van der Waals surface area contributed by atoms with Crippen LogP contribution in [0.1, 0.15) is 26.3 Å². The van der Waals surface area contributed by atoms with Gasteiger partial charge in [0.15, 0.2) is 0 Å². The molecule has 0 bridgehead atoms. The molecule has 0 heterocycles. The molecule has 0 fully saturated rings. The second kappa shape index (κ2) is 4.92. The summed E-state index contributed by atoms with van der Waals surface area (Å²) in [4.78, 5) is 0. The number of anilines is 1. The lowest BCUT2D eigenvalue weighted by Gasteiger charge is -2.23. The van der Waals surface area contributed by atoms with Crippen molar-refractivity contribution in [3.05, 3.63) is 42.5 Å². The van der Waals surface area contributed by atoms with E-state index in [0.29, 0.717) is 5.69 Å². The molecule has 0 aromatic heterocycles. The fraction of sp³-hybridized carbons (Fsp3) is 0.385. The van der Waals surface area contributed by atoms with Crippen LogP contribution in [-0.4, -0.2) is 14.2 Å².